The Bertz CT molecular complexity index is 284. The summed E-state index contributed by atoms with van der Waals surface area (Å²) >= 11 is 1.88. The first-order chi connectivity index (χ1) is 7.19. The van der Waals surface area contributed by atoms with E-state index in [2.05, 4.69) is 49.4 Å². The molecule has 0 aliphatic carbocycles. The molecular weight excluding hydrogens is 204 g/mol. The minimum atomic E-state index is 0.559. The molecule has 0 aromatic heterocycles. The number of benzene rings is 1. The van der Waals surface area contributed by atoms with Crippen molar-refractivity contribution in [2.45, 2.75) is 19.5 Å². The molecule has 3 heteroatoms. The number of hydrogen-bond acceptors (Lipinski definition) is 3. The molecule has 1 atom stereocenters. The van der Waals surface area contributed by atoms with Crippen LogP contribution in [-0.2, 0) is 6.54 Å². The van der Waals surface area contributed by atoms with Crippen LogP contribution in [0.4, 0.5) is 5.69 Å². The summed E-state index contributed by atoms with van der Waals surface area (Å²) in [4.78, 5) is 2.30. The quantitative estimate of drug-likeness (QED) is 0.832. The number of hydrogen-bond donors (Lipinski definition) is 1. The molecule has 0 amide bonds. The monoisotopic (exact) mass is 224 g/mol. The van der Waals surface area contributed by atoms with E-state index in [-0.39, 0.29) is 0 Å². The molecular formula is C12H20N2S. The maximum absolute atomic E-state index is 5.57. The van der Waals surface area contributed by atoms with Crippen molar-refractivity contribution in [3.05, 3.63) is 29.8 Å². The summed E-state index contributed by atoms with van der Waals surface area (Å²) in [6.07, 6.45) is 2.14. The van der Waals surface area contributed by atoms with Crippen molar-refractivity contribution < 1.29 is 0 Å². The fraction of sp³-hybridized carbons (Fsp3) is 0.500. The fourth-order valence-electron chi connectivity index (χ4n) is 1.47. The lowest BCUT2D eigenvalue weighted by atomic mass is 10.2. The van der Waals surface area contributed by atoms with Crippen LogP contribution in [-0.4, -0.2) is 25.1 Å². The van der Waals surface area contributed by atoms with E-state index in [4.69, 9.17) is 5.73 Å². The van der Waals surface area contributed by atoms with Crippen LogP contribution in [0.15, 0.2) is 24.3 Å². The minimum absolute atomic E-state index is 0.559. The molecule has 1 unspecified atom stereocenters. The van der Waals surface area contributed by atoms with E-state index in [1.165, 1.54) is 11.3 Å². The molecule has 2 nitrogen and oxygen atoms in total. The number of nitrogens with two attached hydrogens (primary N) is 1. The molecule has 0 aliphatic rings. The molecule has 0 bridgehead atoms. The predicted octanol–water partition coefficient (Wildman–Crippen LogP) is 2.33. The lowest BCUT2D eigenvalue weighted by Crippen LogP contribution is -2.30. The second kappa shape index (κ2) is 6.03. The molecule has 2 N–H and O–H groups in total. The summed E-state index contributed by atoms with van der Waals surface area (Å²) in [6.45, 7) is 2.86. The Labute approximate surface area is 96.8 Å². The van der Waals surface area contributed by atoms with Gasteiger partial charge in [-0.2, -0.15) is 11.8 Å². The first kappa shape index (κ1) is 12.4. The van der Waals surface area contributed by atoms with Crippen molar-refractivity contribution in [2.75, 3.05) is 24.0 Å². The largest absolute Gasteiger partial charge is 0.371 e. The maximum Gasteiger partial charge on any atom is 0.0366 e. The molecule has 1 aromatic rings. The van der Waals surface area contributed by atoms with E-state index >= 15 is 0 Å². The van der Waals surface area contributed by atoms with Crippen LogP contribution in [0.2, 0.25) is 0 Å². The van der Waals surface area contributed by atoms with Gasteiger partial charge in [0.05, 0.1) is 0 Å². The molecule has 0 spiro atoms. The zero-order valence-corrected chi connectivity index (χ0v) is 10.6. The molecule has 0 fully saturated rings. The van der Waals surface area contributed by atoms with Crippen molar-refractivity contribution in [1.29, 1.82) is 0 Å². The normalized spacial score (nSPS) is 12.5. The van der Waals surface area contributed by atoms with Crippen molar-refractivity contribution in [2.24, 2.45) is 5.73 Å². The van der Waals surface area contributed by atoms with Crippen molar-refractivity contribution in [1.82, 2.24) is 0 Å². The van der Waals surface area contributed by atoms with E-state index < -0.39 is 0 Å². The van der Waals surface area contributed by atoms with E-state index in [0.29, 0.717) is 12.6 Å². The van der Waals surface area contributed by atoms with Crippen LogP contribution in [0.25, 0.3) is 0 Å². The van der Waals surface area contributed by atoms with E-state index in [1.807, 2.05) is 11.8 Å². The van der Waals surface area contributed by atoms with Gasteiger partial charge in [-0.15, -0.1) is 0 Å². The lowest BCUT2D eigenvalue weighted by Gasteiger charge is -2.26. The highest BCUT2D eigenvalue weighted by molar-refractivity contribution is 7.98. The van der Waals surface area contributed by atoms with Crippen molar-refractivity contribution in [3.63, 3.8) is 0 Å². The van der Waals surface area contributed by atoms with E-state index in [9.17, 15) is 0 Å². The highest BCUT2D eigenvalue weighted by Crippen LogP contribution is 2.17. The number of thioether (sulfide) groups is 1. The number of anilines is 1. The van der Waals surface area contributed by atoms with E-state index in [0.717, 1.165) is 5.75 Å². The van der Waals surface area contributed by atoms with Crippen LogP contribution >= 0.6 is 11.8 Å². The fourth-order valence-corrected chi connectivity index (χ4v) is 2.18. The van der Waals surface area contributed by atoms with Crippen LogP contribution in [0, 0.1) is 0 Å². The molecule has 0 aliphatic heterocycles. The third-order valence-corrected chi connectivity index (χ3v) is 3.46. The topological polar surface area (TPSA) is 29.3 Å². The van der Waals surface area contributed by atoms with Crippen molar-refractivity contribution >= 4 is 17.4 Å². The Balaban J connectivity index is 2.69. The zero-order valence-electron chi connectivity index (χ0n) is 9.73. The Kier molecular flexibility index (Phi) is 4.99. The second-order valence-electron chi connectivity index (χ2n) is 3.79. The van der Waals surface area contributed by atoms with Gasteiger partial charge in [-0.3, -0.25) is 0 Å². The summed E-state index contributed by atoms with van der Waals surface area (Å²) < 4.78 is 0. The summed E-state index contributed by atoms with van der Waals surface area (Å²) in [5, 5.41) is 0. The Morgan fingerprint density at radius 1 is 1.33 bits per heavy atom. The Hall–Kier alpha value is -0.670. The Morgan fingerprint density at radius 2 is 1.93 bits per heavy atom. The summed E-state index contributed by atoms with van der Waals surface area (Å²) in [7, 11) is 2.14. The zero-order chi connectivity index (χ0) is 11.3. The van der Waals surface area contributed by atoms with Gasteiger partial charge in [0, 0.05) is 31.1 Å². The number of rotatable bonds is 5. The molecule has 15 heavy (non-hydrogen) atoms. The van der Waals surface area contributed by atoms with Crippen LogP contribution < -0.4 is 10.6 Å². The molecule has 1 rings (SSSR count). The molecule has 84 valence electrons. The first-order valence-corrected chi connectivity index (χ1v) is 6.59. The highest BCUT2D eigenvalue weighted by Gasteiger charge is 2.08. The first-order valence-electron chi connectivity index (χ1n) is 5.19. The minimum Gasteiger partial charge on any atom is -0.371 e. The van der Waals surface area contributed by atoms with Crippen molar-refractivity contribution in [3.8, 4) is 0 Å². The van der Waals surface area contributed by atoms with Gasteiger partial charge in [0.1, 0.15) is 0 Å². The maximum atomic E-state index is 5.57. The molecule has 0 saturated heterocycles. The van der Waals surface area contributed by atoms with Gasteiger partial charge in [0.15, 0.2) is 0 Å². The molecule has 0 radical (unpaired) electrons. The van der Waals surface area contributed by atoms with Crippen LogP contribution in [0.3, 0.4) is 0 Å². The smallest absolute Gasteiger partial charge is 0.0366 e. The third kappa shape index (κ3) is 3.43. The summed E-state index contributed by atoms with van der Waals surface area (Å²) in [6, 6.07) is 9.02. The predicted molar refractivity (Wildman–Crippen MR) is 70.6 cm³/mol. The highest BCUT2D eigenvalue weighted by atomic mass is 32.2. The van der Waals surface area contributed by atoms with Gasteiger partial charge < -0.3 is 10.6 Å². The van der Waals surface area contributed by atoms with Crippen LogP contribution in [0.1, 0.15) is 12.5 Å². The molecule has 1 aromatic carbocycles. The SMILES string of the molecule is CSCC(C)N(C)c1ccc(CN)cc1. The van der Waals surface area contributed by atoms with Gasteiger partial charge in [0.2, 0.25) is 0 Å². The molecule has 0 heterocycles. The van der Waals surface area contributed by atoms with Gasteiger partial charge in [-0.1, -0.05) is 12.1 Å². The van der Waals surface area contributed by atoms with Gasteiger partial charge in [-0.05, 0) is 30.9 Å². The Morgan fingerprint density at radius 3 is 2.40 bits per heavy atom. The summed E-state index contributed by atoms with van der Waals surface area (Å²) in [5.74, 6) is 1.15. The van der Waals surface area contributed by atoms with Gasteiger partial charge >= 0.3 is 0 Å². The van der Waals surface area contributed by atoms with Gasteiger partial charge in [-0.25, -0.2) is 0 Å². The average molecular weight is 224 g/mol. The molecule has 0 saturated carbocycles. The lowest BCUT2D eigenvalue weighted by molar-refractivity contribution is 0.765. The van der Waals surface area contributed by atoms with E-state index in [1.54, 1.807) is 0 Å². The van der Waals surface area contributed by atoms with Gasteiger partial charge in [0.25, 0.3) is 0 Å². The standard InChI is InChI=1S/C12H20N2S/c1-10(9-15-3)14(2)12-6-4-11(8-13)5-7-12/h4-7,10H,8-9,13H2,1-3H3. The second-order valence-corrected chi connectivity index (χ2v) is 4.70. The summed E-state index contributed by atoms with van der Waals surface area (Å²) in [5.41, 5.74) is 8.01. The van der Waals surface area contributed by atoms with Crippen LogP contribution in [0.5, 0.6) is 0 Å². The average Bonchev–Trinajstić information content (AvgIpc) is 2.28. The third-order valence-electron chi connectivity index (χ3n) is 2.65. The number of nitrogens with zero attached hydrogens (tertiary/aromatic N) is 1.